The molecule has 1 atom stereocenters. The van der Waals surface area contributed by atoms with E-state index in [2.05, 4.69) is 15.2 Å². The van der Waals surface area contributed by atoms with Crippen molar-refractivity contribution in [1.82, 2.24) is 14.8 Å². The summed E-state index contributed by atoms with van der Waals surface area (Å²) in [5.41, 5.74) is 4.88. The van der Waals surface area contributed by atoms with Crippen LogP contribution in [0.4, 0.5) is 0 Å². The van der Waals surface area contributed by atoms with Gasteiger partial charge in [0.05, 0.1) is 39.3 Å². The summed E-state index contributed by atoms with van der Waals surface area (Å²) in [6, 6.07) is 33.1. The van der Waals surface area contributed by atoms with E-state index in [0.29, 0.717) is 39.5 Å². The number of carbonyl (C=O) groups excluding carboxylic acids is 1. The van der Waals surface area contributed by atoms with Gasteiger partial charge in [-0.1, -0.05) is 90.6 Å². The lowest BCUT2D eigenvalue weighted by Crippen LogP contribution is -2.15. The lowest BCUT2D eigenvalue weighted by atomic mass is 10.1. The van der Waals surface area contributed by atoms with Gasteiger partial charge in [-0.15, -0.1) is 10.2 Å². The van der Waals surface area contributed by atoms with Crippen molar-refractivity contribution in [2.75, 3.05) is 33.6 Å². The van der Waals surface area contributed by atoms with Gasteiger partial charge in [0, 0.05) is 23.0 Å². The van der Waals surface area contributed by atoms with Gasteiger partial charge in [-0.2, -0.15) is 0 Å². The number of hydrogen-bond donors (Lipinski definition) is 0. The number of ether oxygens (including phenoxy) is 3. The van der Waals surface area contributed by atoms with Crippen molar-refractivity contribution in [2.24, 2.45) is 15.0 Å². The third kappa shape index (κ3) is 7.00. The van der Waals surface area contributed by atoms with Crippen LogP contribution in [0.5, 0.6) is 17.2 Å². The average molecular weight is 645 g/mol. The predicted octanol–water partition coefficient (Wildman–Crippen LogP) is 6.33. The summed E-state index contributed by atoms with van der Waals surface area (Å²) in [7, 11) is 4.68. The molecule has 0 radical (unpaired) electrons. The number of aromatic nitrogens is 3. The molecule has 0 fully saturated rings. The molecule has 47 heavy (non-hydrogen) atoms. The van der Waals surface area contributed by atoms with Gasteiger partial charge < -0.3 is 14.2 Å². The topological polar surface area (TPSA) is 113 Å². The minimum atomic E-state index is -0.358. The molecule has 5 aromatic rings. The molecular formula is C36H32N6O4S. The highest BCUT2D eigenvalue weighted by Gasteiger charge is 2.23. The third-order valence-electron chi connectivity index (χ3n) is 7.31. The molecule has 1 aliphatic heterocycles. The van der Waals surface area contributed by atoms with Crippen LogP contribution >= 0.6 is 11.8 Å². The van der Waals surface area contributed by atoms with Gasteiger partial charge in [-0.3, -0.25) is 24.3 Å². The van der Waals surface area contributed by atoms with Crippen molar-refractivity contribution in [3.63, 3.8) is 0 Å². The summed E-state index contributed by atoms with van der Waals surface area (Å²) in [4.78, 5) is 27.2. The van der Waals surface area contributed by atoms with E-state index in [9.17, 15) is 4.79 Å². The second-order valence-corrected chi connectivity index (χ2v) is 11.3. The van der Waals surface area contributed by atoms with E-state index >= 15 is 0 Å². The number of thioether (sulfide) groups is 1. The maximum absolute atomic E-state index is 13.1. The quantitative estimate of drug-likeness (QED) is 0.109. The molecule has 0 aliphatic carbocycles. The van der Waals surface area contributed by atoms with Crippen LogP contribution in [0.3, 0.4) is 0 Å². The van der Waals surface area contributed by atoms with Crippen molar-refractivity contribution in [2.45, 2.75) is 11.3 Å². The van der Waals surface area contributed by atoms with E-state index in [1.807, 2.05) is 108 Å². The number of hydrogen-bond acceptors (Lipinski definition) is 10. The number of aliphatic imine (C=N–C) groups is 3. The average Bonchev–Trinajstić information content (AvgIpc) is 3.76. The Hall–Kier alpha value is -5.55. The van der Waals surface area contributed by atoms with Gasteiger partial charge in [0.25, 0.3) is 0 Å². The number of carbonyl (C=O) groups is 1. The zero-order valence-corrected chi connectivity index (χ0v) is 26.9. The third-order valence-corrected chi connectivity index (χ3v) is 8.30. The van der Waals surface area contributed by atoms with E-state index in [4.69, 9.17) is 24.2 Å². The monoisotopic (exact) mass is 644 g/mol. The summed E-state index contributed by atoms with van der Waals surface area (Å²) < 4.78 is 18.5. The van der Waals surface area contributed by atoms with Crippen LogP contribution in [0.25, 0.3) is 17.1 Å². The summed E-state index contributed by atoms with van der Waals surface area (Å²) >= 11 is 1.30. The highest BCUT2D eigenvalue weighted by atomic mass is 32.2. The van der Waals surface area contributed by atoms with Crippen molar-refractivity contribution < 1.29 is 19.0 Å². The Balaban J connectivity index is 1.21. The molecular weight excluding hydrogens is 613 g/mol. The first-order valence-corrected chi connectivity index (χ1v) is 15.8. The molecule has 6 rings (SSSR count). The molecule has 1 aliphatic rings. The molecule has 0 saturated carbocycles. The van der Waals surface area contributed by atoms with Gasteiger partial charge >= 0.3 is 0 Å². The van der Waals surface area contributed by atoms with Gasteiger partial charge in [-0.05, 0) is 29.8 Å². The van der Waals surface area contributed by atoms with Gasteiger partial charge in [0.1, 0.15) is 5.71 Å². The second-order valence-electron chi connectivity index (χ2n) is 10.3. The number of methoxy groups -OCH3 is 3. The highest BCUT2D eigenvalue weighted by Crippen LogP contribution is 2.41. The van der Waals surface area contributed by atoms with Crippen molar-refractivity contribution in [1.29, 1.82) is 0 Å². The van der Waals surface area contributed by atoms with Crippen molar-refractivity contribution >= 4 is 35.2 Å². The first-order valence-electron chi connectivity index (χ1n) is 14.8. The molecule has 10 nitrogen and oxygen atoms in total. The number of nitrogens with zero attached hydrogens (tertiary/aromatic N) is 6. The molecule has 4 aromatic carbocycles. The largest absolute Gasteiger partial charge is 0.493 e. The molecule has 0 spiro atoms. The standard InChI is InChI=1S/C36H32N6O4S/c1-44-30-19-26(20-31(45-2)33(30)46-3)35-40-41-36(42(35)27-17-11-6-12-18-27)47-23-28(43)21-37-22-29-32(24-13-7-4-8-14-24)39-34(38-29)25-15-9-5-10-16-25/h4-20,22,34H,21,23H2,1-3H3. The Bertz CT molecular complexity index is 1920. The first-order chi connectivity index (χ1) is 23.1. The van der Waals surface area contributed by atoms with Gasteiger partial charge in [0.2, 0.25) is 5.75 Å². The maximum Gasteiger partial charge on any atom is 0.203 e. The molecule has 0 amide bonds. The Morgan fingerprint density at radius 2 is 1.45 bits per heavy atom. The van der Waals surface area contributed by atoms with E-state index < -0.39 is 0 Å². The SMILES string of the molecule is COc1cc(-c2nnc(SCC(=O)CN=CC3=NC(c4ccccc4)N=C3c3ccccc3)n2-c2ccccc2)cc(OC)c1OC. The summed E-state index contributed by atoms with van der Waals surface area (Å²) in [6.45, 7) is -0.0106. The molecule has 11 heteroatoms. The Labute approximate surface area is 276 Å². The smallest absolute Gasteiger partial charge is 0.203 e. The van der Waals surface area contributed by atoms with Crippen LogP contribution in [-0.2, 0) is 4.79 Å². The lowest BCUT2D eigenvalue weighted by molar-refractivity contribution is -0.115. The second kappa shape index (κ2) is 14.7. The van der Waals surface area contributed by atoms with Crippen LogP contribution in [0.15, 0.2) is 123 Å². The van der Waals surface area contributed by atoms with Crippen LogP contribution in [0.1, 0.15) is 17.3 Å². The van der Waals surface area contributed by atoms with E-state index in [-0.39, 0.29) is 24.2 Å². The van der Waals surface area contributed by atoms with Crippen LogP contribution in [0, 0.1) is 0 Å². The fourth-order valence-electron chi connectivity index (χ4n) is 5.09. The number of para-hydroxylation sites is 1. The highest BCUT2D eigenvalue weighted by molar-refractivity contribution is 7.99. The van der Waals surface area contributed by atoms with Gasteiger partial charge in [-0.25, -0.2) is 0 Å². The first kappa shape index (κ1) is 31.4. The van der Waals surface area contributed by atoms with Crippen LogP contribution in [0.2, 0.25) is 0 Å². The fourth-order valence-corrected chi connectivity index (χ4v) is 5.89. The molecule has 2 heterocycles. The Morgan fingerprint density at radius 3 is 2.09 bits per heavy atom. The van der Waals surface area contributed by atoms with Crippen molar-refractivity contribution in [3.8, 4) is 34.3 Å². The molecule has 1 aromatic heterocycles. The molecule has 236 valence electrons. The van der Waals surface area contributed by atoms with Crippen LogP contribution < -0.4 is 14.2 Å². The maximum atomic E-state index is 13.1. The summed E-state index contributed by atoms with van der Waals surface area (Å²) in [5.74, 6) is 2.11. The lowest BCUT2D eigenvalue weighted by Gasteiger charge is -2.15. The molecule has 0 saturated heterocycles. The van der Waals surface area contributed by atoms with Crippen molar-refractivity contribution in [3.05, 3.63) is 114 Å². The normalized spacial score (nSPS) is 14.1. The summed E-state index contributed by atoms with van der Waals surface area (Å²) in [5, 5.41) is 9.51. The number of rotatable bonds is 13. The zero-order valence-electron chi connectivity index (χ0n) is 26.1. The Kier molecular flexibility index (Phi) is 9.83. The Morgan fingerprint density at radius 1 is 0.809 bits per heavy atom. The molecule has 0 N–H and O–H groups in total. The number of ketones is 1. The van der Waals surface area contributed by atoms with Gasteiger partial charge in [0.15, 0.2) is 34.4 Å². The van der Waals surface area contributed by atoms with E-state index in [1.54, 1.807) is 27.5 Å². The van der Waals surface area contributed by atoms with E-state index in [0.717, 1.165) is 22.5 Å². The molecule has 1 unspecified atom stereocenters. The minimum absolute atomic E-state index is 0.0106. The summed E-state index contributed by atoms with van der Waals surface area (Å²) in [6.07, 6.45) is 1.29. The predicted molar refractivity (Wildman–Crippen MR) is 185 cm³/mol. The molecule has 0 bridgehead atoms. The number of benzene rings is 4. The minimum Gasteiger partial charge on any atom is -0.493 e. The van der Waals surface area contributed by atoms with E-state index in [1.165, 1.54) is 11.8 Å². The van der Waals surface area contributed by atoms with Crippen LogP contribution in [-0.4, -0.2) is 71.8 Å². The number of Topliss-reactive ketones (excluding diaryl/α,β-unsaturated/α-hetero) is 1. The fraction of sp³-hybridized carbons (Fsp3) is 0.167. The zero-order chi connectivity index (χ0) is 32.6.